The second-order valence-electron chi connectivity index (χ2n) is 5.69. The summed E-state index contributed by atoms with van der Waals surface area (Å²) < 4.78 is 4.68. The number of fused-ring (bicyclic) bond motifs is 2. The normalized spacial score (nSPS) is 26.2. The lowest BCUT2D eigenvalue weighted by Gasteiger charge is -2.23. The van der Waals surface area contributed by atoms with Crippen molar-refractivity contribution in [2.24, 2.45) is 0 Å². The van der Waals surface area contributed by atoms with Crippen LogP contribution in [0.1, 0.15) is 35.3 Å². The monoisotopic (exact) mass is 275 g/mol. The number of nitrogens with one attached hydrogen (secondary N) is 1. The number of pyridine rings is 1. The summed E-state index contributed by atoms with van der Waals surface area (Å²) >= 11 is 0. The minimum Gasteiger partial charge on any atom is -0.465 e. The number of ether oxygens (including phenoxy) is 1. The van der Waals surface area contributed by atoms with E-state index in [2.05, 4.69) is 19.9 Å². The molecule has 1 N–H and O–H groups in total. The molecule has 5 nitrogen and oxygen atoms in total. The summed E-state index contributed by atoms with van der Waals surface area (Å²) in [5.41, 5.74) is 1.52. The number of nitrogens with zero attached hydrogens (tertiary/aromatic N) is 2. The van der Waals surface area contributed by atoms with Crippen molar-refractivity contribution in [2.75, 3.05) is 20.2 Å². The van der Waals surface area contributed by atoms with Crippen LogP contribution in [0, 0.1) is 0 Å². The van der Waals surface area contributed by atoms with E-state index in [-0.39, 0.29) is 5.97 Å². The van der Waals surface area contributed by atoms with Crippen LogP contribution in [0.25, 0.3) is 0 Å². The Hall–Kier alpha value is -1.46. The third-order valence-electron chi connectivity index (χ3n) is 4.24. The van der Waals surface area contributed by atoms with E-state index < -0.39 is 0 Å². The summed E-state index contributed by atoms with van der Waals surface area (Å²) in [6.45, 7) is 3.07. The molecule has 1 aromatic rings. The quantitative estimate of drug-likeness (QED) is 0.840. The van der Waals surface area contributed by atoms with Crippen molar-refractivity contribution in [1.82, 2.24) is 15.2 Å². The van der Waals surface area contributed by atoms with Gasteiger partial charge in [-0.05, 0) is 31.4 Å². The fourth-order valence-corrected chi connectivity index (χ4v) is 3.14. The van der Waals surface area contributed by atoms with E-state index in [1.807, 2.05) is 6.07 Å². The Kier molecular flexibility index (Phi) is 3.98. The summed E-state index contributed by atoms with van der Waals surface area (Å²) in [5.74, 6) is -0.333. The molecule has 20 heavy (non-hydrogen) atoms. The van der Waals surface area contributed by atoms with Crippen LogP contribution in [-0.2, 0) is 11.3 Å². The molecule has 0 spiro atoms. The highest BCUT2D eigenvalue weighted by atomic mass is 16.5. The summed E-state index contributed by atoms with van der Waals surface area (Å²) in [7, 11) is 1.38. The first-order valence-electron chi connectivity index (χ1n) is 7.26. The first kappa shape index (κ1) is 13.5. The molecule has 0 aromatic carbocycles. The average Bonchev–Trinajstić information content (AvgIpc) is 2.81. The first-order chi connectivity index (χ1) is 9.74. The highest BCUT2D eigenvalue weighted by Crippen LogP contribution is 2.21. The molecule has 5 heteroatoms. The average molecular weight is 275 g/mol. The molecule has 3 rings (SSSR count). The van der Waals surface area contributed by atoms with Gasteiger partial charge in [-0.15, -0.1) is 0 Å². The van der Waals surface area contributed by atoms with Crippen LogP contribution in [-0.4, -0.2) is 48.1 Å². The van der Waals surface area contributed by atoms with Crippen molar-refractivity contribution < 1.29 is 9.53 Å². The van der Waals surface area contributed by atoms with Crippen molar-refractivity contribution in [1.29, 1.82) is 0 Å². The van der Waals surface area contributed by atoms with Gasteiger partial charge in [-0.25, -0.2) is 4.79 Å². The molecule has 2 atom stereocenters. The van der Waals surface area contributed by atoms with Gasteiger partial charge >= 0.3 is 5.97 Å². The standard InChI is InChI=1S/C15H21N3O2/c1-20-15(19)11-2-3-13(16-8-11)9-18-7-6-12-4-5-14(10-18)17-12/h2-3,8,12,14,17H,4-7,9-10H2,1H3. The van der Waals surface area contributed by atoms with Crippen LogP contribution in [0.3, 0.4) is 0 Å². The number of methoxy groups -OCH3 is 1. The summed E-state index contributed by atoms with van der Waals surface area (Å²) in [6, 6.07) is 5.05. The van der Waals surface area contributed by atoms with Gasteiger partial charge in [0.2, 0.25) is 0 Å². The Morgan fingerprint density at radius 3 is 3.00 bits per heavy atom. The Bertz CT molecular complexity index is 475. The Balaban J connectivity index is 1.61. The third-order valence-corrected chi connectivity index (χ3v) is 4.24. The molecule has 2 bridgehead atoms. The van der Waals surface area contributed by atoms with Crippen molar-refractivity contribution in [3.05, 3.63) is 29.6 Å². The van der Waals surface area contributed by atoms with Gasteiger partial charge in [0, 0.05) is 37.9 Å². The van der Waals surface area contributed by atoms with Gasteiger partial charge in [0.1, 0.15) is 0 Å². The van der Waals surface area contributed by atoms with E-state index in [9.17, 15) is 4.79 Å². The molecule has 2 saturated heterocycles. The number of esters is 1. The van der Waals surface area contributed by atoms with Gasteiger partial charge in [-0.1, -0.05) is 0 Å². The maximum atomic E-state index is 11.4. The summed E-state index contributed by atoms with van der Waals surface area (Å²) in [5, 5.41) is 3.68. The summed E-state index contributed by atoms with van der Waals surface area (Å²) in [6.07, 6.45) is 5.43. The zero-order chi connectivity index (χ0) is 13.9. The maximum absolute atomic E-state index is 11.4. The Morgan fingerprint density at radius 2 is 2.25 bits per heavy atom. The van der Waals surface area contributed by atoms with Crippen LogP contribution in [0.15, 0.2) is 18.3 Å². The molecule has 3 heterocycles. The number of hydrogen-bond donors (Lipinski definition) is 1. The van der Waals surface area contributed by atoms with Gasteiger partial charge in [0.25, 0.3) is 0 Å². The molecule has 2 unspecified atom stereocenters. The fourth-order valence-electron chi connectivity index (χ4n) is 3.14. The zero-order valence-electron chi connectivity index (χ0n) is 11.8. The van der Waals surface area contributed by atoms with Gasteiger partial charge < -0.3 is 10.1 Å². The molecule has 0 amide bonds. The number of rotatable bonds is 3. The van der Waals surface area contributed by atoms with Crippen LogP contribution in [0.4, 0.5) is 0 Å². The van der Waals surface area contributed by atoms with Crippen molar-refractivity contribution in [3.63, 3.8) is 0 Å². The number of likely N-dealkylation sites (tertiary alicyclic amines) is 1. The van der Waals surface area contributed by atoms with Crippen molar-refractivity contribution in [3.8, 4) is 0 Å². The molecule has 2 fully saturated rings. The smallest absolute Gasteiger partial charge is 0.339 e. The SMILES string of the molecule is COC(=O)c1ccc(CN2CCC3CCC(C2)N3)nc1. The zero-order valence-corrected chi connectivity index (χ0v) is 11.8. The van der Waals surface area contributed by atoms with Gasteiger partial charge in [0.05, 0.1) is 18.4 Å². The van der Waals surface area contributed by atoms with Crippen LogP contribution < -0.4 is 5.32 Å². The van der Waals surface area contributed by atoms with Crippen LogP contribution >= 0.6 is 0 Å². The highest BCUT2D eigenvalue weighted by Gasteiger charge is 2.29. The largest absolute Gasteiger partial charge is 0.465 e. The lowest BCUT2D eigenvalue weighted by atomic mass is 10.1. The van der Waals surface area contributed by atoms with Gasteiger partial charge in [0.15, 0.2) is 0 Å². The fraction of sp³-hybridized carbons (Fsp3) is 0.600. The van der Waals surface area contributed by atoms with Crippen LogP contribution in [0.2, 0.25) is 0 Å². The van der Waals surface area contributed by atoms with E-state index in [1.165, 1.54) is 26.4 Å². The molecule has 1 aromatic heterocycles. The molecular weight excluding hydrogens is 254 g/mol. The lowest BCUT2D eigenvalue weighted by Crippen LogP contribution is -2.35. The first-order valence-corrected chi connectivity index (χ1v) is 7.26. The molecule has 0 aliphatic carbocycles. The molecule has 0 saturated carbocycles. The maximum Gasteiger partial charge on any atom is 0.339 e. The minimum atomic E-state index is -0.333. The Morgan fingerprint density at radius 1 is 1.40 bits per heavy atom. The van der Waals surface area contributed by atoms with E-state index in [4.69, 9.17) is 0 Å². The predicted octanol–water partition coefficient (Wildman–Crippen LogP) is 1.19. The minimum absolute atomic E-state index is 0.333. The van der Waals surface area contributed by atoms with E-state index >= 15 is 0 Å². The van der Waals surface area contributed by atoms with Crippen molar-refractivity contribution >= 4 is 5.97 Å². The van der Waals surface area contributed by atoms with Gasteiger partial charge in [-0.3, -0.25) is 9.88 Å². The molecule has 2 aliphatic heterocycles. The molecule has 2 aliphatic rings. The second-order valence-corrected chi connectivity index (χ2v) is 5.69. The summed E-state index contributed by atoms with van der Waals surface area (Å²) in [4.78, 5) is 18.2. The Labute approximate surface area is 119 Å². The second kappa shape index (κ2) is 5.89. The van der Waals surface area contributed by atoms with E-state index in [0.29, 0.717) is 17.6 Å². The predicted molar refractivity (Wildman–Crippen MR) is 75.4 cm³/mol. The van der Waals surface area contributed by atoms with E-state index in [0.717, 1.165) is 25.3 Å². The molecule has 108 valence electrons. The number of hydrogen-bond acceptors (Lipinski definition) is 5. The highest BCUT2D eigenvalue weighted by molar-refractivity contribution is 5.88. The van der Waals surface area contributed by atoms with Crippen molar-refractivity contribution in [2.45, 2.75) is 37.9 Å². The number of carbonyl (C=O) groups is 1. The number of carbonyl (C=O) groups excluding carboxylic acids is 1. The topological polar surface area (TPSA) is 54.5 Å². The van der Waals surface area contributed by atoms with Gasteiger partial charge in [-0.2, -0.15) is 0 Å². The molecule has 0 radical (unpaired) electrons. The van der Waals surface area contributed by atoms with Crippen LogP contribution in [0.5, 0.6) is 0 Å². The lowest BCUT2D eigenvalue weighted by molar-refractivity contribution is 0.0600. The molecular formula is C15H21N3O2. The van der Waals surface area contributed by atoms with E-state index in [1.54, 1.807) is 12.3 Å². The number of aromatic nitrogens is 1. The third kappa shape index (κ3) is 2.99.